The van der Waals surface area contributed by atoms with Gasteiger partial charge in [0.05, 0.1) is 17.7 Å². The highest BCUT2D eigenvalue weighted by Crippen LogP contribution is 2.27. The summed E-state index contributed by atoms with van der Waals surface area (Å²) in [6, 6.07) is 10.0. The summed E-state index contributed by atoms with van der Waals surface area (Å²) in [7, 11) is 0. The molecule has 1 unspecified atom stereocenters. The molecular weight excluding hydrogens is 260 g/mol. The third-order valence-corrected chi connectivity index (χ3v) is 3.36. The molecule has 0 aliphatic rings. The fourth-order valence-electron chi connectivity index (χ4n) is 1.91. The predicted molar refractivity (Wildman–Crippen MR) is 76.7 cm³/mol. The van der Waals surface area contributed by atoms with Crippen molar-refractivity contribution in [3.8, 4) is 5.88 Å². The van der Waals surface area contributed by atoms with Crippen LogP contribution in [0.25, 0.3) is 0 Å². The van der Waals surface area contributed by atoms with Crippen molar-refractivity contribution in [1.82, 2.24) is 9.97 Å². The van der Waals surface area contributed by atoms with E-state index in [1.54, 1.807) is 0 Å². The average Bonchev–Trinajstić information content (AvgIpc) is 2.44. The van der Waals surface area contributed by atoms with Crippen LogP contribution in [0, 0.1) is 6.92 Å². The first-order valence-electron chi connectivity index (χ1n) is 6.34. The molecule has 0 amide bonds. The molecule has 0 aliphatic heterocycles. The number of halogens is 1. The number of benzene rings is 1. The van der Waals surface area contributed by atoms with Crippen LogP contribution in [0.1, 0.15) is 29.1 Å². The highest BCUT2D eigenvalue weighted by molar-refractivity contribution is 6.20. The minimum absolute atomic E-state index is 0.0933. The minimum atomic E-state index is -0.0933. The molecule has 0 radical (unpaired) electrons. The van der Waals surface area contributed by atoms with Crippen molar-refractivity contribution in [1.29, 1.82) is 0 Å². The van der Waals surface area contributed by atoms with Gasteiger partial charge in [-0.3, -0.25) is 0 Å². The molecule has 0 fully saturated rings. The zero-order chi connectivity index (χ0) is 13.7. The lowest BCUT2D eigenvalue weighted by Crippen LogP contribution is -2.05. The Hall–Kier alpha value is -1.61. The molecule has 0 saturated carbocycles. The van der Waals surface area contributed by atoms with Crippen LogP contribution in [-0.4, -0.2) is 16.6 Å². The van der Waals surface area contributed by atoms with Gasteiger partial charge in [0.2, 0.25) is 5.88 Å². The summed E-state index contributed by atoms with van der Waals surface area (Å²) >= 11 is 6.44. The fraction of sp³-hybridized carbons (Fsp3) is 0.333. The predicted octanol–water partition coefficient (Wildman–Crippen LogP) is 3.71. The van der Waals surface area contributed by atoms with E-state index < -0.39 is 0 Å². The van der Waals surface area contributed by atoms with Crippen molar-refractivity contribution >= 4 is 11.6 Å². The lowest BCUT2D eigenvalue weighted by molar-refractivity contribution is 0.322. The van der Waals surface area contributed by atoms with Crippen LogP contribution in [0.2, 0.25) is 0 Å². The normalized spacial score (nSPS) is 12.2. The maximum absolute atomic E-state index is 6.44. The lowest BCUT2D eigenvalue weighted by Gasteiger charge is -2.13. The molecule has 1 atom stereocenters. The first-order valence-corrected chi connectivity index (χ1v) is 6.78. The molecule has 1 aromatic carbocycles. The van der Waals surface area contributed by atoms with E-state index in [1.807, 2.05) is 44.2 Å². The van der Waals surface area contributed by atoms with Crippen molar-refractivity contribution < 1.29 is 4.74 Å². The molecule has 1 aromatic heterocycles. The molecule has 0 aliphatic carbocycles. The maximum Gasteiger partial charge on any atom is 0.219 e. The van der Waals surface area contributed by atoms with Gasteiger partial charge < -0.3 is 4.74 Å². The first kappa shape index (κ1) is 13.8. The van der Waals surface area contributed by atoms with Crippen molar-refractivity contribution in [2.75, 3.05) is 6.61 Å². The highest BCUT2D eigenvalue weighted by atomic mass is 35.5. The first-order chi connectivity index (χ1) is 9.22. The summed E-state index contributed by atoms with van der Waals surface area (Å²) in [5.41, 5.74) is 2.99. The zero-order valence-corrected chi connectivity index (χ0v) is 11.9. The van der Waals surface area contributed by atoms with E-state index in [0.29, 0.717) is 18.9 Å². The van der Waals surface area contributed by atoms with Crippen molar-refractivity contribution in [2.45, 2.75) is 25.6 Å². The van der Waals surface area contributed by atoms with E-state index in [0.717, 1.165) is 16.8 Å². The molecule has 0 N–H and O–H groups in total. The van der Waals surface area contributed by atoms with Gasteiger partial charge in [0.25, 0.3) is 0 Å². The Kier molecular flexibility index (Phi) is 4.74. The Morgan fingerprint density at radius 3 is 2.63 bits per heavy atom. The van der Waals surface area contributed by atoms with Crippen LogP contribution in [0.3, 0.4) is 0 Å². The minimum Gasteiger partial charge on any atom is -0.478 e. The molecular formula is C15H17ClN2O. The number of hydrogen-bond acceptors (Lipinski definition) is 3. The van der Waals surface area contributed by atoms with Crippen molar-refractivity contribution in [3.05, 3.63) is 53.5 Å². The largest absolute Gasteiger partial charge is 0.478 e. The molecule has 3 nitrogen and oxygen atoms in total. The van der Waals surface area contributed by atoms with Gasteiger partial charge in [-0.2, -0.15) is 0 Å². The fourth-order valence-corrected chi connectivity index (χ4v) is 2.20. The second-order valence-electron chi connectivity index (χ2n) is 4.27. The summed E-state index contributed by atoms with van der Waals surface area (Å²) in [6.07, 6.45) is 2.20. The number of rotatable bonds is 5. The highest BCUT2D eigenvalue weighted by Gasteiger charge is 2.14. The van der Waals surface area contributed by atoms with Gasteiger partial charge in [-0.15, -0.1) is 11.6 Å². The van der Waals surface area contributed by atoms with Crippen LogP contribution < -0.4 is 4.74 Å². The van der Waals surface area contributed by atoms with E-state index >= 15 is 0 Å². The Morgan fingerprint density at radius 1 is 1.21 bits per heavy atom. The summed E-state index contributed by atoms with van der Waals surface area (Å²) in [5.74, 6) is 0.643. The number of nitrogens with zero attached hydrogens (tertiary/aromatic N) is 2. The number of hydrogen-bond donors (Lipinski definition) is 0. The molecule has 2 rings (SSSR count). The Labute approximate surface area is 118 Å². The zero-order valence-electron chi connectivity index (χ0n) is 11.1. The second kappa shape index (κ2) is 6.53. The molecule has 100 valence electrons. The van der Waals surface area contributed by atoms with Crippen LogP contribution >= 0.6 is 11.6 Å². The molecule has 0 saturated heterocycles. The number of ether oxygens (including phenoxy) is 1. The van der Waals surface area contributed by atoms with E-state index in [-0.39, 0.29) is 5.38 Å². The Bertz CT molecular complexity index is 531. The third kappa shape index (κ3) is 3.44. The van der Waals surface area contributed by atoms with Gasteiger partial charge in [-0.05, 0) is 19.4 Å². The molecule has 2 aromatic rings. The molecule has 1 heterocycles. The molecule has 0 spiro atoms. The Morgan fingerprint density at radius 2 is 1.95 bits per heavy atom. The Balaban J connectivity index is 2.17. The topological polar surface area (TPSA) is 35.0 Å². The number of alkyl halides is 1. The van der Waals surface area contributed by atoms with E-state index in [1.165, 1.54) is 6.33 Å². The quantitative estimate of drug-likeness (QED) is 0.781. The third-order valence-electron chi connectivity index (χ3n) is 2.96. The summed E-state index contributed by atoms with van der Waals surface area (Å²) < 4.78 is 5.47. The van der Waals surface area contributed by atoms with E-state index in [9.17, 15) is 0 Å². The van der Waals surface area contributed by atoms with Gasteiger partial charge in [-0.25, -0.2) is 9.97 Å². The van der Waals surface area contributed by atoms with E-state index in [4.69, 9.17) is 16.3 Å². The van der Waals surface area contributed by atoms with Crippen molar-refractivity contribution in [2.24, 2.45) is 0 Å². The van der Waals surface area contributed by atoms with Gasteiger partial charge in [0.1, 0.15) is 6.33 Å². The average molecular weight is 277 g/mol. The monoisotopic (exact) mass is 276 g/mol. The molecule has 4 heteroatoms. The van der Waals surface area contributed by atoms with Crippen LogP contribution in [-0.2, 0) is 6.42 Å². The standard InChI is InChI=1S/C15H17ClN2O/c1-3-19-15-11(2)14(17-10-18-15)9-13(16)12-7-5-4-6-8-12/h4-8,10,13H,3,9H2,1-2H3. The maximum atomic E-state index is 6.44. The van der Waals surface area contributed by atoms with Crippen LogP contribution in [0.4, 0.5) is 0 Å². The van der Waals surface area contributed by atoms with Gasteiger partial charge in [0, 0.05) is 12.0 Å². The van der Waals surface area contributed by atoms with E-state index in [2.05, 4.69) is 9.97 Å². The van der Waals surface area contributed by atoms with Gasteiger partial charge in [0.15, 0.2) is 0 Å². The molecule has 0 bridgehead atoms. The number of aromatic nitrogens is 2. The smallest absolute Gasteiger partial charge is 0.219 e. The van der Waals surface area contributed by atoms with Crippen LogP contribution in [0.5, 0.6) is 5.88 Å². The van der Waals surface area contributed by atoms with Gasteiger partial charge in [-0.1, -0.05) is 30.3 Å². The van der Waals surface area contributed by atoms with Crippen molar-refractivity contribution in [3.63, 3.8) is 0 Å². The summed E-state index contributed by atoms with van der Waals surface area (Å²) in [6.45, 7) is 4.50. The summed E-state index contributed by atoms with van der Waals surface area (Å²) in [4.78, 5) is 8.44. The lowest BCUT2D eigenvalue weighted by atomic mass is 10.1. The SMILES string of the molecule is CCOc1ncnc(CC(Cl)c2ccccc2)c1C. The van der Waals surface area contributed by atoms with Gasteiger partial charge >= 0.3 is 0 Å². The molecule has 19 heavy (non-hydrogen) atoms. The van der Waals surface area contributed by atoms with Crippen LogP contribution in [0.15, 0.2) is 36.7 Å². The second-order valence-corrected chi connectivity index (χ2v) is 4.79. The summed E-state index contributed by atoms with van der Waals surface area (Å²) in [5, 5.41) is -0.0933.